The Bertz CT molecular complexity index is 257. The second-order valence-electron chi connectivity index (χ2n) is 2.77. The zero-order valence-corrected chi connectivity index (χ0v) is 7.43. The van der Waals surface area contributed by atoms with Crippen LogP contribution in [0.15, 0.2) is 6.20 Å². The number of thiazole rings is 1. The predicted octanol–water partition coefficient (Wildman–Crippen LogP) is 0.926. The quantitative estimate of drug-likeness (QED) is 0.719. The first-order chi connectivity index (χ1) is 5.84. The smallest absolute Gasteiger partial charge is 0.184 e. The lowest BCUT2D eigenvalue weighted by Gasteiger charge is -2.07. The number of hydrogen-bond donors (Lipinski definition) is 2. The van der Waals surface area contributed by atoms with Gasteiger partial charge in [0.1, 0.15) is 5.00 Å². The van der Waals surface area contributed by atoms with Gasteiger partial charge in [0.25, 0.3) is 0 Å². The summed E-state index contributed by atoms with van der Waals surface area (Å²) in [5, 5.41) is 4.90. The molecule has 1 aromatic rings. The molecule has 3 N–H and O–H groups in total. The third-order valence-electron chi connectivity index (χ3n) is 1.78. The van der Waals surface area contributed by atoms with E-state index in [4.69, 9.17) is 10.5 Å². The van der Waals surface area contributed by atoms with Crippen LogP contribution in [0.5, 0.6) is 0 Å². The summed E-state index contributed by atoms with van der Waals surface area (Å²) in [6.45, 7) is 1.62. The molecule has 1 aliphatic rings. The summed E-state index contributed by atoms with van der Waals surface area (Å²) >= 11 is 1.47. The van der Waals surface area contributed by atoms with Crippen molar-refractivity contribution in [3.8, 4) is 0 Å². The van der Waals surface area contributed by atoms with E-state index in [0.717, 1.165) is 29.8 Å². The van der Waals surface area contributed by atoms with Crippen LogP contribution in [-0.2, 0) is 4.74 Å². The number of nitrogens with zero attached hydrogens (tertiary/aromatic N) is 1. The number of aromatic nitrogens is 1. The Balaban J connectivity index is 1.94. The van der Waals surface area contributed by atoms with Crippen molar-refractivity contribution in [3.63, 3.8) is 0 Å². The van der Waals surface area contributed by atoms with Crippen LogP contribution >= 0.6 is 11.3 Å². The van der Waals surface area contributed by atoms with Gasteiger partial charge in [-0.1, -0.05) is 11.3 Å². The molecule has 0 aliphatic carbocycles. The number of rotatable bonds is 2. The Morgan fingerprint density at radius 3 is 3.25 bits per heavy atom. The van der Waals surface area contributed by atoms with E-state index in [2.05, 4.69) is 10.3 Å². The van der Waals surface area contributed by atoms with Crippen molar-refractivity contribution < 1.29 is 4.74 Å². The Labute approximate surface area is 74.7 Å². The highest BCUT2D eigenvalue weighted by Gasteiger charge is 2.15. The fourth-order valence-corrected chi connectivity index (χ4v) is 1.84. The van der Waals surface area contributed by atoms with Crippen LogP contribution in [0.4, 0.5) is 10.1 Å². The molecule has 2 rings (SSSR count). The SMILES string of the molecule is Nc1cnc(NC2CCOC2)s1. The molecule has 1 unspecified atom stereocenters. The molecule has 1 fully saturated rings. The first kappa shape index (κ1) is 7.82. The molecule has 1 atom stereocenters. The standard InChI is InChI=1S/C7H11N3OS/c8-6-3-9-7(12-6)10-5-1-2-11-4-5/h3,5H,1-2,4,8H2,(H,9,10). The molecule has 0 bridgehead atoms. The molecule has 1 aromatic heterocycles. The summed E-state index contributed by atoms with van der Waals surface area (Å²) < 4.78 is 5.22. The van der Waals surface area contributed by atoms with Crippen molar-refractivity contribution in [2.75, 3.05) is 24.3 Å². The van der Waals surface area contributed by atoms with Gasteiger partial charge in [-0.15, -0.1) is 0 Å². The number of anilines is 2. The summed E-state index contributed by atoms with van der Waals surface area (Å²) in [4.78, 5) is 4.11. The average molecular weight is 185 g/mol. The fraction of sp³-hybridized carbons (Fsp3) is 0.571. The van der Waals surface area contributed by atoms with Gasteiger partial charge in [-0.3, -0.25) is 0 Å². The molecule has 2 heterocycles. The Hall–Kier alpha value is -0.810. The van der Waals surface area contributed by atoms with E-state index in [-0.39, 0.29) is 0 Å². The second kappa shape index (κ2) is 3.28. The highest BCUT2D eigenvalue weighted by molar-refractivity contribution is 7.19. The summed E-state index contributed by atoms with van der Waals surface area (Å²) in [5.74, 6) is 0. The van der Waals surface area contributed by atoms with Crippen molar-refractivity contribution in [1.29, 1.82) is 0 Å². The maximum atomic E-state index is 5.54. The molecule has 5 heteroatoms. The Morgan fingerprint density at radius 1 is 1.75 bits per heavy atom. The molecular weight excluding hydrogens is 174 g/mol. The van der Waals surface area contributed by atoms with Gasteiger partial charge in [0.2, 0.25) is 0 Å². The van der Waals surface area contributed by atoms with Crippen molar-refractivity contribution in [2.45, 2.75) is 12.5 Å². The van der Waals surface area contributed by atoms with Gasteiger partial charge >= 0.3 is 0 Å². The van der Waals surface area contributed by atoms with Gasteiger partial charge in [0.05, 0.1) is 18.8 Å². The number of nitrogens with two attached hydrogens (primary N) is 1. The molecule has 4 nitrogen and oxygen atoms in total. The molecule has 0 saturated carbocycles. The van der Waals surface area contributed by atoms with Gasteiger partial charge in [-0.25, -0.2) is 4.98 Å². The third-order valence-corrected chi connectivity index (χ3v) is 2.54. The highest BCUT2D eigenvalue weighted by atomic mass is 32.1. The van der Waals surface area contributed by atoms with Crippen LogP contribution in [0.3, 0.4) is 0 Å². The molecule has 66 valence electrons. The first-order valence-corrected chi connectivity index (χ1v) is 4.72. The normalized spacial score (nSPS) is 22.8. The van der Waals surface area contributed by atoms with E-state index in [1.54, 1.807) is 6.20 Å². The maximum absolute atomic E-state index is 5.54. The van der Waals surface area contributed by atoms with E-state index >= 15 is 0 Å². The van der Waals surface area contributed by atoms with E-state index < -0.39 is 0 Å². The third kappa shape index (κ3) is 1.67. The lowest BCUT2D eigenvalue weighted by molar-refractivity contribution is 0.195. The minimum absolute atomic E-state index is 0.413. The Morgan fingerprint density at radius 2 is 2.67 bits per heavy atom. The van der Waals surface area contributed by atoms with E-state index in [9.17, 15) is 0 Å². The number of ether oxygens (including phenoxy) is 1. The molecular formula is C7H11N3OS. The lowest BCUT2D eigenvalue weighted by Crippen LogP contribution is -2.18. The fourth-order valence-electron chi connectivity index (χ4n) is 1.18. The van der Waals surface area contributed by atoms with Crippen LogP contribution in [0.1, 0.15) is 6.42 Å². The summed E-state index contributed by atoms with van der Waals surface area (Å²) in [6, 6.07) is 0.413. The second-order valence-corrected chi connectivity index (χ2v) is 3.83. The van der Waals surface area contributed by atoms with Crippen molar-refractivity contribution in [3.05, 3.63) is 6.20 Å². The van der Waals surface area contributed by atoms with Crippen molar-refractivity contribution in [2.24, 2.45) is 0 Å². The topological polar surface area (TPSA) is 60.2 Å². The summed E-state index contributed by atoms with van der Waals surface area (Å²) in [7, 11) is 0. The van der Waals surface area contributed by atoms with Crippen LogP contribution in [0, 0.1) is 0 Å². The Kier molecular flexibility index (Phi) is 2.14. The zero-order valence-electron chi connectivity index (χ0n) is 6.62. The molecule has 0 aromatic carbocycles. The van der Waals surface area contributed by atoms with E-state index in [1.165, 1.54) is 11.3 Å². The minimum atomic E-state index is 0.413. The molecule has 0 amide bonds. The van der Waals surface area contributed by atoms with E-state index in [0.29, 0.717) is 6.04 Å². The first-order valence-electron chi connectivity index (χ1n) is 3.90. The minimum Gasteiger partial charge on any atom is -0.389 e. The van der Waals surface area contributed by atoms with Gasteiger partial charge in [-0.05, 0) is 6.42 Å². The monoisotopic (exact) mass is 185 g/mol. The molecule has 12 heavy (non-hydrogen) atoms. The van der Waals surface area contributed by atoms with Crippen LogP contribution in [0.2, 0.25) is 0 Å². The number of hydrogen-bond acceptors (Lipinski definition) is 5. The van der Waals surface area contributed by atoms with Crippen LogP contribution in [-0.4, -0.2) is 24.2 Å². The molecule has 1 aliphatic heterocycles. The highest BCUT2D eigenvalue weighted by Crippen LogP contribution is 2.21. The lowest BCUT2D eigenvalue weighted by atomic mass is 10.3. The van der Waals surface area contributed by atoms with Gasteiger partial charge < -0.3 is 15.8 Å². The number of nitrogen functional groups attached to an aromatic ring is 1. The number of nitrogens with one attached hydrogen (secondary N) is 1. The van der Waals surface area contributed by atoms with Gasteiger partial charge in [0.15, 0.2) is 5.13 Å². The molecule has 0 radical (unpaired) electrons. The van der Waals surface area contributed by atoms with Crippen molar-refractivity contribution >= 4 is 21.5 Å². The van der Waals surface area contributed by atoms with E-state index in [1.807, 2.05) is 0 Å². The van der Waals surface area contributed by atoms with Crippen LogP contribution < -0.4 is 11.1 Å². The summed E-state index contributed by atoms with van der Waals surface area (Å²) in [5.41, 5.74) is 5.54. The van der Waals surface area contributed by atoms with Gasteiger partial charge in [-0.2, -0.15) is 0 Å². The summed E-state index contributed by atoms with van der Waals surface area (Å²) in [6.07, 6.45) is 2.72. The van der Waals surface area contributed by atoms with Crippen LogP contribution in [0.25, 0.3) is 0 Å². The predicted molar refractivity (Wildman–Crippen MR) is 49.4 cm³/mol. The maximum Gasteiger partial charge on any atom is 0.184 e. The largest absolute Gasteiger partial charge is 0.389 e. The average Bonchev–Trinajstić information content (AvgIpc) is 2.63. The molecule has 0 spiro atoms. The van der Waals surface area contributed by atoms with Gasteiger partial charge in [0, 0.05) is 6.61 Å². The zero-order chi connectivity index (χ0) is 8.39. The molecule has 1 saturated heterocycles. The van der Waals surface area contributed by atoms with Crippen molar-refractivity contribution in [1.82, 2.24) is 4.98 Å².